The minimum atomic E-state index is -0.332. The van der Waals surface area contributed by atoms with Gasteiger partial charge in [0.25, 0.3) is 0 Å². The van der Waals surface area contributed by atoms with Crippen molar-refractivity contribution in [3.8, 4) is 0 Å². The monoisotopic (exact) mass is 371 g/mol. The molecule has 3 rings (SSSR count). The number of amides is 1. The lowest BCUT2D eigenvalue weighted by molar-refractivity contribution is -0.138. The largest absolute Gasteiger partial charge is 0.357 e. The van der Waals surface area contributed by atoms with Gasteiger partial charge in [-0.25, -0.2) is 4.99 Å². The van der Waals surface area contributed by atoms with Crippen LogP contribution in [0.15, 0.2) is 29.4 Å². The highest BCUT2D eigenvalue weighted by molar-refractivity contribution is 5.85. The van der Waals surface area contributed by atoms with Crippen LogP contribution in [-0.2, 0) is 11.3 Å². The summed E-state index contributed by atoms with van der Waals surface area (Å²) in [5, 5.41) is 15.0. The molecule has 0 unspecified atom stereocenters. The molecule has 1 amide bonds. The van der Waals surface area contributed by atoms with Gasteiger partial charge in [0, 0.05) is 33.4 Å². The molecule has 0 aliphatic heterocycles. The van der Waals surface area contributed by atoms with Gasteiger partial charge in [-0.3, -0.25) is 9.20 Å². The number of carbonyl (C=O) groups is 1. The van der Waals surface area contributed by atoms with Crippen molar-refractivity contribution in [3.05, 3.63) is 30.2 Å². The molecule has 0 atom stereocenters. The highest BCUT2D eigenvalue weighted by atomic mass is 16.2. The third-order valence-corrected chi connectivity index (χ3v) is 5.12. The van der Waals surface area contributed by atoms with E-state index in [1.165, 1.54) is 0 Å². The third-order valence-electron chi connectivity index (χ3n) is 5.12. The number of fused-ring (bicyclic) bond motifs is 1. The van der Waals surface area contributed by atoms with Crippen LogP contribution >= 0.6 is 0 Å². The second-order valence-electron chi connectivity index (χ2n) is 7.28. The average Bonchev–Trinajstić information content (AvgIpc) is 3.31. The first-order valence-corrected chi connectivity index (χ1v) is 9.58. The average molecular weight is 371 g/mol. The molecule has 2 N–H and O–H groups in total. The zero-order valence-corrected chi connectivity index (χ0v) is 16.4. The number of guanidine groups is 1. The van der Waals surface area contributed by atoms with E-state index in [-0.39, 0.29) is 11.3 Å². The van der Waals surface area contributed by atoms with Gasteiger partial charge in [0.2, 0.25) is 5.91 Å². The van der Waals surface area contributed by atoms with Crippen molar-refractivity contribution in [2.75, 3.05) is 27.2 Å². The van der Waals surface area contributed by atoms with Crippen LogP contribution in [0.2, 0.25) is 0 Å². The van der Waals surface area contributed by atoms with Gasteiger partial charge < -0.3 is 15.5 Å². The van der Waals surface area contributed by atoms with Gasteiger partial charge >= 0.3 is 0 Å². The van der Waals surface area contributed by atoms with Crippen molar-refractivity contribution < 1.29 is 4.79 Å². The summed E-state index contributed by atoms with van der Waals surface area (Å²) in [6, 6.07) is 5.80. The fraction of sp³-hybridized carbons (Fsp3) is 0.579. The van der Waals surface area contributed by atoms with Crippen molar-refractivity contribution in [1.29, 1.82) is 0 Å². The number of aromatic nitrogens is 3. The molecule has 1 aliphatic carbocycles. The molecule has 8 heteroatoms. The van der Waals surface area contributed by atoms with Gasteiger partial charge in [-0.15, -0.1) is 10.2 Å². The normalized spacial score (nSPS) is 16.5. The van der Waals surface area contributed by atoms with Gasteiger partial charge in [0.05, 0.1) is 5.41 Å². The van der Waals surface area contributed by atoms with E-state index >= 15 is 0 Å². The molecule has 0 aromatic carbocycles. The Balaban J connectivity index is 1.71. The number of nitrogens with zero attached hydrogens (tertiary/aromatic N) is 5. The smallest absolute Gasteiger partial charge is 0.230 e. The number of nitrogens with one attached hydrogen (secondary N) is 2. The van der Waals surface area contributed by atoms with Gasteiger partial charge in [-0.05, 0) is 31.9 Å². The topological polar surface area (TPSA) is 86.9 Å². The van der Waals surface area contributed by atoms with E-state index < -0.39 is 0 Å². The van der Waals surface area contributed by atoms with E-state index in [9.17, 15) is 4.79 Å². The molecule has 1 aliphatic rings. The molecule has 1 saturated carbocycles. The molecule has 1 fully saturated rings. The van der Waals surface area contributed by atoms with E-state index in [0.29, 0.717) is 19.0 Å². The summed E-state index contributed by atoms with van der Waals surface area (Å²) in [7, 11) is 3.66. The maximum absolute atomic E-state index is 12.7. The summed E-state index contributed by atoms with van der Waals surface area (Å²) in [5.74, 6) is 1.68. The number of hydrogen-bond donors (Lipinski definition) is 2. The van der Waals surface area contributed by atoms with Gasteiger partial charge in [-0.1, -0.05) is 18.9 Å². The van der Waals surface area contributed by atoms with Crippen LogP contribution in [0.3, 0.4) is 0 Å². The van der Waals surface area contributed by atoms with Crippen molar-refractivity contribution >= 4 is 17.5 Å². The highest BCUT2D eigenvalue weighted by Crippen LogP contribution is 2.38. The van der Waals surface area contributed by atoms with Crippen LogP contribution in [-0.4, -0.2) is 58.5 Å². The maximum atomic E-state index is 12.7. The molecular weight excluding hydrogens is 342 g/mol. The van der Waals surface area contributed by atoms with E-state index in [1.54, 1.807) is 4.90 Å². The van der Waals surface area contributed by atoms with Gasteiger partial charge in [-0.2, -0.15) is 0 Å². The number of pyridine rings is 1. The van der Waals surface area contributed by atoms with Crippen LogP contribution in [0.4, 0.5) is 0 Å². The second kappa shape index (κ2) is 8.37. The Morgan fingerprint density at radius 3 is 2.74 bits per heavy atom. The minimum absolute atomic E-state index is 0.201. The standard InChI is InChI=1S/C19H29N7O/c1-4-20-18(21-13-16-24-23-15-9-5-8-12-26(15)16)22-14-19(10-6-7-11-19)17(27)25(2)3/h5,8-9,12H,4,6-7,10-11,13-14H2,1-3H3,(H2,20,21,22). The molecule has 0 bridgehead atoms. The Hall–Kier alpha value is -2.64. The lowest BCUT2D eigenvalue weighted by atomic mass is 9.84. The fourth-order valence-corrected chi connectivity index (χ4v) is 3.74. The van der Waals surface area contributed by atoms with Crippen LogP contribution in [0.25, 0.3) is 5.65 Å². The molecule has 2 aromatic heterocycles. The van der Waals surface area contributed by atoms with E-state index in [0.717, 1.165) is 43.7 Å². The molecule has 146 valence electrons. The Morgan fingerprint density at radius 1 is 1.26 bits per heavy atom. The Morgan fingerprint density at radius 2 is 2.04 bits per heavy atom. The molecule has 2 aromatic rings. The van der Waals surface area contributed by atoms with Crippen molar-refractivity contribution in [3.63, 3.8) is 0 Å². The first-order valence-electron chi connectivity index (χ1n) is 9.58. The summed E-state index contributed by atoms with van der Waals surface area (Å²) < 4.78 is 1.93. The third kappa shape index (κ3) is 4.20. The van der Waals surface area contributed by atoms with E-state index in [2.05, 4.69) is 25.8 Å². The van der Waals surface area contributed by atoms with Crippen LogP contribution < -0.4 is 10.6 Å². The Bertz CT molecular complexity index is 805. The summed E-state index contributed by atoms with van der Waals surface area (Å²) in [5.41, 5.74) is 0.475. The Kier molecular flexibility index (Phi) is 5.93. The first-order chi connectivity index (χ1) is 13.1. The maximum Gasteiger partial charge on any atom is 0.230 e. The first kappa shape index (κ1) is 19.1. The van der Waals surface area contributed by atoms with Gasteiger partial charge in [0.15, 0.2) is 17.4 Å². The lowest BCUT2D eigenvalue weighted by Gasteiger charge is -2.31. The predicted octanol–water partition coefficient (Wildman–Crippen LogP) is 1.43. The lowest BCUT2D eigenvalue weighted by Crippen LogP contribution is -2.49. The molecule has 0 radical (unpaired) electrons. The highest BCUT2D eigenvalue weighted by Gasteiger charge is 2.42. The number of hydrogen-bond acceptors (Lipinski definition) is 4. The molecular formula is C19H29N7O. The number of rotatable bonds is 6. The summed E-state index contributed by atoms with van der Waals surface area (Å²) in [6.45, 7) is 3.78. The molecule has 2 heterocycles. The summed E-state index contributed by atoms with van der Waals surface area (Å²) in [4.78, 5) is 19.1. The Labute approximate surface area is 160 Å². The van der Waals surface area contributed by atoms with Crippen LogP contribution in [0.1, 0.15) is 38.4 Å². The van der Waals surface area contributed by atoms with Crippen molar-refractivity contribution in [2.45, 2.75) is 39.2 Å². The zero-order valence-electron chi connectivity index (χ0n) is 16.4. The molecule has 0 spiro atoms. The van der Waals surface area contributed by atoms with Gasteiger partial charge in [0.1, 0.15) is 6.54 Å². The number of aliphatic imine (C=N–C) groups is 1. The fourth-order valence-electron chi connectivity index (χ4n) is 3.74. The molecule has 8 nitrogen and oxygen atoms in total. The van der Waals surface area contributed by atoms with Crippen LogP contribution in [0, 0.1) is 5.41 Å². The second-order valence-corrected chi connectivity index (χ2v) is 7.28. The summed E-state index contributed by atoms with van der Waals surface area (Å²) in [6.07, 6.45) is 5.97. The van der Waals surface area contributed by atoms with E-state index in [1.807, 2.05) is 49.8 Å². The minimum Gasteiger partial charge on any atom is -0.357 e. The molecule has 27 heavy (non-hydrogen) atoms. The van der Waals surface area contributed by atoms with Crippen molar-refractivity contribution in [2.24, 2.45) is 10.4 Å². The van der Waals surface area contributed by atoms with E-state index in [4.69, 9.17) is 0 Å². The van der Waals surface area contributed by atoms with Crippen molar-refractivity contribution in [1.82, 2.24) is 30.1 Å². The quantitative estimate of drug-likeness (QED) is 0.593. The van der Waals surface area contributed by atoms with Crippen LogP contribution in [0.5, 0.6) is 0 Å². The predicted molar refractivity (Wildman–Crippen MR) is 105 cm³/mol. The zero-order chi connectivity index (χ0) is 19.3. The number of carbonyl (C=O) groups excluding carboxylic acids is 1. The SMILES string of the molecule is CCNC(=NCc1nnc2ccccn12)NCC1(C(=O)N(C)C)CCCC1. The summed E-state index contributed by atoms with van der Waals surface area (Å²) >= 11 is 0. The molecule has 0 saturated heterocycles.